The van der Waals surface area contributed by atoms with Crippen LogP contribution in [0.15, 0.2) is 97.4 Å². The Hall–Kier alpha value is -6.06. The van der Waals surface area contributed by atoms with E-state index in [1.54, 1.807) is 21.1 Å². The van der Waals surface area contributed by atoms with E-state index in [2.05, 4.69) is 69.2 Å². The summed E-state index contributed by atoms with van der Waals surface area (Å²) in [6.07, 6.45) is 0. The van der Waals surface area contributed by atoms with Crippen LogP contribution in [0.25, 0.3) is 0 Å². The Morgan fingerprint density at radius 2 is 0.983 bits per heavy atom. The number of hydrogen-bond donors (Lipinski definition) is 2. The van der Waals surface area contributed by atoms with Gasteiger partial charge in [-0.3, -0.25) is 0 Å². The fraction of sp³-hybridized carbons (Fsp3) is 0.351. The van der Waals surface area contributed by atoms with Crippen molar-refractivity contribution in [3.05, 3.63) is 72.3 Å². The van der Waals surface area contributed by atoms with Crippen LogP contribution in [0.4, 0.5) is 64.9 Å². The highest BCUT2D eigenvalue weighted by Crippen LogP contribution is 2.28. The molecular weight excluding hydrogens is 793 g/mol. The van der Waals surface area contributed by atoms with Crippen molar-refractivity contribution in [2.45, 2.75) is 6.92 Å². The van der Waals surface area contributed by atoms with Gasteiger partial charge in [0, 0.05) is 80.5 Å². The molecule has 0 saturated heterocycles. The number of nitrogens with two attached hydrogens (primary N) is 1. The summed E-state index contributed by atoms with van der Waals surface area (Å²) in [5, 5.41) is 45.3. The number of rotatable bonds is 11. The molecule has 0 saturated carbocycles. The van der Waals surface area contributed by atoms with Gasteiger partial charge in [0.1, 0.15) is 38.2 Å². The molecule has 0 unspecified atom stereocenters. The number of aromatic nitrogens is 6. The molecule has 0 fully saturated rings. The molecule has 3 aromatic heterocycles. The van der Waals surface area contributed by atoms with E-state index < -0.39 is 0 Å². The third-order valence-corrected chi connectivity index (χ3v) is 10.9. The highest BCUT2D eigenvalue weighted by molar-refractivity contribution is 7.18. The molecule has 18 nitrogen and oxygen atoms in total. The summed E-state index contributed by atoms with van der Waals surface area (Å²) in [6, 6.07) is 21.8. The first-order chi connectivity index (χ1) is 27.5. The molecule has 0 aliphatic heterocycles. The first kappa shape index (κ1) is 44.7. The molecule has 3 aromatic carbocycles. The monoisotopic (exact) mass is 845 g/mol. The third-order valence-electron chi connectivity index (χ3n) is 7.87. The molecule has 3 heterocycles. The normalized spacial score (nSPS) is 11.1. The molecule has 0 aliphatic carbocycles. The Labute approximate surface area is 352 Å². The standard InChI is InChI=1S/2C13H19N6S.C11H15N6S/c1-17(2)11-8-6-10(7-9-11)14-15-12-19(5)16-13(20-12)18(3)4;1-9-8-10(6-7-11(9)18(3)4)15-16-13-19(5)17-12(14-2)20-13;1-16(2)9-6-4-8(5-7-9)13-14-11-17(3)15-10(12)18-11/h6-9H,1-5H3;6-8H,1-5H3,(H,14,17);4-7H,1-3H3,(H2,12,15)/q3*+1. The van der Waals surface area contributed by atoms with Gasteiger partial charge in [-0.2, -0.15) is 0 Å². The van der Waals surface area contributed by atoms with E-state index in [4.69, 9.17) is 5.73 Å². The van der Waals surface area contributed by atoms with Crippen molar-refractivity contribution < 1.29 is 14.0 Å². The zero-order valence-electron chi connectivity index (χ0n) is 35.3. The highest BCUT2D eigenvalue weighted by Gasteiger charge is 2.17. The van der Waals surface area contributed by atoms with Gasteiger partial charge in [-0.25, -0.2) is 0 Å². The van der Waals surface area contributed by atoms with E-state index in [0.29, 0.717) is 10.3 Å². The van der Waals surface area contributed by atoms with E-state index in [1.807, 2.05) is 153 Å². The Balaban J connectivity index is 0.000000193. The number of anilines is 6. The molecule has 3 N–H and O–H groups in total. The van der Waals surface area contributed by atoms with E-state index in [9.17, 15) is 0 Å². The lowest BCUT2D eigenvalue weighted by atomic mass is 10.1. The average Bonchev–Trinajstić information content (AvgIpc) is 3.86. The topological polar surface area (TPSA) is 175 Å². The van der Waals surface area contributed by atoms with Gasteiger partial charge in [0.05, 0.1) is 15.3 Å². The highest BCUT2D eigenvalue weighted by atomic mass is 32.1. The third kappa shape index (κ3) is 13.0. The summed E-state index contributed by atoms with van der Waals surface area (Å²) in [7, 11) is 23.3. The van der Waals surface area contributed by atoms with Gasteiger partial charge in [0.25, 0.3) is 0 Å². The quantitative estimate of drug-likeness (QED) is 0.0998. The largest absolute Gasteiger partial charge is 0.431 e. The number of nitrogens with zero attached hydrogens (tertiary/aromatic N) is 16. The van der Waals surface area contributed by atoms with E-state index in [1.165, 1.54) is 45.3 Å². The Kier molecular flexibility index (Phi) is 16.1. The summed E-state index contributed by atoms with van der Waals surface area (Å²) < 4.78 is 5.05. The minimum Gasteiger partial charge on any atom is -0.378 e. The molecule has 0 amide bonds. The van der Waals surface area contributed by atoms with Crippen LogP contribution in [-0.2, 0) is 21.1 Å². The Bertz CT molecular complexity index is 2300. The average molecular weight is 846 g/mol. The minimum absolute atomic E-state index is 0.481. The fourth-order valence-electron chi connectivity index (χ4n) is 4.74. The van der Waals surface area contributed by atoms with Crippen molar-refractivity contribution >= 4 is 98.9 Å². The minimum atomic E-state index is 0.481. The van der Waals surface area contributed by atoms with E-state index in [-0.39, 0.29) is 0 Å². The second-order valence-electron chi connectivity index (χ2n) is 13.4. The predicted molar refractivity (Wildman–Crippen MR) is 238 cm³/mol. The maximum absolute atomic E-state index is 5.58. The zero-order chi connectivity index (χ0) is 42.5. The summed E-state index contributed by atoms with van der Waals surface area (Å²) in [5.41, 5.74) is 12.7. The number of azo groups is 3. The van der Waals surface area contributed by atoms with Crippen LogP contribution in [0.2, 0.25) is 0 Å². The zero-order valence-corrected chi connectivity index (χ0v) is 37.8. The predicted octanol–water partition coefficient (Wildman–Crippen LogP) is 7.35. The van der Waals surface area contributed by atoms with Crippen LogP contribution < -0.4 is 44.7 Å². The van der Waals surface area contributed by atoms with Gasteiger partial charge in [-0.05, 0) is 129 Å². The van der Waals surface area contributed by atoms with Gasteiger partial charge in [-0.1, -0.05) is 15.3 Å². The molecule has 21 heteroatoms. The van der Waals surface area contributed by atoms with Crippen LogP contribution >= 0.6 is 34.0 Å². The SMILES string of the molecule is CN(C)c1ccc(N=Nc2sc(N(C)C)n[n+]2C)cc1.CN(C)c1ccc(N=Nc2sc(N)n[n+]2C)cc1.CNc1n[n+](C)c(N=Nc2ccc(N(C)C)c(C)c2)s1. The van der Waals surface area contributed by atoms with Crippen molar-refractivity contribution in [3.8, 4) is 0 Å². The van der Waals surface area contributed by atoms with Crippen molar-refractivity contribution in [2.75, 3.05) is 94.1 Å². The van der Waals surface area contributed by atoms with Crippen molar-refractivity contribution in [3.63, 3.8) is 0 Å². The van der Waals surface area contributed by atoms with Crippen molar-refractivity contribution in [2.24, 2.45) is 51.8 Å². The van der Waals surface area contributed by atoms with Gasteiger partial charge in [0.15, 0.2) is 0 Å². The number of hydrogen-bond acceptors (Lipinski definition) is 18. The maximum atomic E-state index is 5.58. The lowest BCUT2D eigenvalue weighted by Crippen LogP contribution is -2.30. The first-order valence-corrected chi connectivity index (χ1v) is 20.3. The number of nitrogens with one attached hydrogen (secondary N) is 1. The molecule has 306 valence electrons. The molecule has 6 rings (SSSR count). The van der Waals surface area contributed by atoms with Crippen LogP contribution in [0.5, 0.6) is 0 Å². The summed E-state index contributed by atoms with van der Waals surface area (Å²) in [4.78, 5) is 8.12. The molecule has 0 aliphatic rings. The van der Waals surface area contributed by atoms with Gasteiger partial charge >= 0.3 is 15.4 Å². The molecular formula is C37H53N18S3+3. The van der Waals surface area contributed by atoms with Gasteiger partial charge in [-0.15, -0.1) is 14.0 Å². The second-order valence-corrected chi connectivity index (χ2v) is 16.3. The Morgan fingerprint density at radius 3 is 1.38 bits per heavy atom. The summed E-state index contributed by atoms with van der Waals surface area (Å²) in [5.74, 6) is 0. The second kappa shape index (κ2) is 20.9. The molecule has 0 spiro atoms. The van der Waals surface area contributed by atoms with E-state index >= 15 is 0 Å². The number of benzene rings is 3. The molecule has 0 radical (unpaired) electrons. The fourth-order valence-corrected chi connectivity index (χ4v) is 6.80. The summed E-state index contributed by atoms with van der Waals surface area (Å²) in [6.45, 7) is 2.07. The van der Waals surface area contributed by atoms with E-state index in [0.717, 1.165) is 49.0 Å². The van der Waals surface area contributed by atoms with Crippen LogP contribution in [-0.4, -0.2) is 78.7 Å². The van der Waals surface area contributed by atoms with Crippen LogP contribution in [0.3, 0.4) is 0 Å². The lowest BCUT2D eigenvalue weighted by molar-refractivity contribution is -0.712. The lowest BCUT2D eigenvalue weighted by Gasteiger charge is -2.14. The Morgan fingerprint density at radius 1 is 0.534 bits per heavy atom. The molecule has 0 bridgehead atoms. The first-order valence-electron chi connectivity index (χ1n) is 17.8. The van der Waals surface area contributed by atoms with Crippen molar-refractivity contribution in [1.29, 1.82) is 0 Å². The molecule has 0 atom stereocenters. The smallest absolute Gasteiger partial charge is 0.378 e. The maximum Gasteiger partial charge on any atom is 0.431 e. The van der Waals surface area contributed by atoms with Gasteiger partial charge in [0.2, 0.25) is 15.4 Å². The number of nitrogen functional groups attached to an aromatic ring is 1. The number of aryl methyl sites for hydroxylation is 4. The molecule has 6 aromatic rings. The van der Waals surface area contributed by atoms with Crippen molar-refractivity contribution in [1.82, 2.24) is 15.3 Å². The van der Waals surface area contributed by atoms with Gasteiger partial charge < -0.3 is 30.7 Å². The van der Waals surface area contributed by atoms with Crippen LogP contribution in [0.1, 0.15) is 5.56 Å². The molecule has 58 heavy (non-hydrogen) atoms. The summed E-state index contributed by atoms with van der Waals surface area (Å²) >= 11 is 4.27. The van der Waals surface area contributed by atoms with Crippen LogP contribution in [0, 0.1) is 6.92 Å².